The molecule has 3 aromatic rings. The maximum Gasteiger partial charge on any atom is 0.128 e. The number of hydrogen-bond donors (Lipinski definition) is 1. The lowest BCUT2D eigenvalue weighted by Gasteiger charge is -2.00. The summed E-state index contributed by atoms with van der Waals surface area (Å²) >= 11 is 6.08. The molecule has 0 spiro atoms. The number of thiazole rings is 1. The summed E-state index contributed by atoms with van der Waals surface area (Å²) in [5, 5.41) is 13.1. The molecule has 1 heterocycles. The Morgan fingerprint density at radius 3 is 2.79 bits per heavy atom. The van der Waals surface area contributed by atoms with Gasteiger partial charge in [0.25, 0.3) is 0 Å². The number of benzene rings is 2. The number of aromatic nitrogens is 1. The molecule has 1 aromatic heterocycles. The molecule has 92 valence electrons. The SMILES string of the molecule is Oc1cc(N=C=S)ccc1-c1nc2ccccc2s1. The smallest absolute Gasteiger partial charge is 0.128 e. The summed E-state index contributed by atoms with van der Waals surface area (Å²) in [5.41, 5.74) is 2.21. The fraction of sp³-hybridized carbons (Fsp3) is 0. The van der Waals surface area contributed by atoms with Crippen molar-refractivity contribution >= 4 is 44.6 Å². The van der Waals surface area contributed by atoms with Crippen LogP contribution in [0.1, 0.15) is 0 Å². The Morgan fingerprint density at radius 1 is 1.21 bits per heavy atom. The van der Waals surface area contributed by atoms with Crippen LogP contribution in [0.25, 0.3) is 20.8 Å². The number of hydrogen-bond acceptors (Lipinski definition) is 5. The van der Waals surface area contributed by atoms with E-state index in [9.17, 15) is 5.11 Å². The largest absolute Gasteiger partial charge is 0.507 e. The third kappa shape index (κ3) is 2.27. The summed E-state index contributed by atoms with van der Waals surface area (Å²) in [7, 11) is 0. The average Bonchev–Trinajstić information content (AvgIpc) is 2.82. The molecule has 3 nitrogen and oxygen atoms in total. The Kier molecular flexibility index (Phi) is 3.09. The zero-order valence-electron chi connectivity index (χ0n) is 9.70. The van der Waals surface area contributed by atoms with Crippen LogP contribution >= 0.6 is 23.6 Å². The van der Waals surface area contributed by atoms with Crippen LogP contribution in [0.2, 0.25) is 0 Å². The van der Waals surface area contributed by atoms with Crippen LogP contribution in [0.5, 0.6) is 5.75 Å². The normalized spacial score (nSPS) is 10.3. The number of rotatable bonds is 2. The van der Waals surface area contributed by atoms with Crippen molar-refractivity contribution in [2.24, 2.45) is 4.99 Å². The lowest BCUT2D eigenvalue weighted by atomic mass is 10.2. The van der Waals surface area contributed by atoms with Gasteiger partial charge >= 0.3 is 0 Å². The Labute approximate surface area is 118 Å². The molecular weight excluding hydrogens is 276 g/mol. The first-order valence-electron chi connectivity index (χ1n) is 5.55. The van der Waals surface area contributed by atoms with E-state index in [1.54, 1.807) is 29.5 Å². The van der Waals surface area contributed by atoms with Crippen LogP contribution < -0.4 is 0 Å². The topological polar surface area (TPSA) is 45.5 Å². The van der Waals surface area contributed by atoms with Gasteiger partial charge in [0.2, 0.25) is 0 Å². The van der Waals surface area contributed by atoms with Crippen molar-refractivity contribution in [2.75, 3.05) is 0 Å². The molecule has 0 bridgehead atoms. The molecule has 0 aliphatic heterocycles. The highest BCUT2D eigenvalue weighted by atomic mass is 32.1. The second-order valence-corrected chi connectivity index (χ2v) is 5.10. The molecule has 0 aliphatic carbocycles. The van der Waals surface area contributed by atoms with Gasteiger partial charge in [0.15, 0.2) is 0 Å². The molecule has 0 saturated heterocycles. The Bertz CT molecular complexity index is 771. The zero-order valence-corrected chi connectivity index (χ0v) is 11.3. The summed E-state index contributed by atoms with van der Waals surface area (Å²) in [5.74, 6) is 0.144. The molecule has 0 unspecified atom stereocenters. The molecule has 0 saturated carbocycles. The zero-order chi connectivity index (χ0) is 13.2. The van der Waals surface area contributed by atoms with E-state index in [0.717, 1.165) is 15.2 Å². The van der Waals surface area contributed by atoms with E-state index in [2.05, 4.69) is 27.4 Å². The van der Waals surface area contributed by atoms with Crippen molar-refractivity contribution in [1.82, 2.24) is 4.98 Å². The van der Waals surface area contributed by atoms with E-state index < -0.39 is 0 Å². The molecule has 19 heavy (non-hydrogen) atoms. The van der Waals surface area contributed by atoms with Gasteiger partial charge in [-0.05, 0) is 36.5 Å². The molecule has 0 radical (unpaired) electrons. The predicted octanol–water partition coefficient (Wildman–Crippen LogP) is 4.40. The highest BCUT2D eigenvalue weighted by Gasteiger charge is 2.10. The minimum Gasteiger partial charge on any atom is -0.507 e. The first kappa shape index (κ1) is 12.0. The predicted molar refractivity (Wildman–Crippen MR) is 81.4 cm³/mol. The first-order chi connectivity index (χ1) is 9.28. The molecule has 0 aliphatic rings. The van der Waals surface area contributed by atoms with Crippen molar-refractivity contribution in [3.8, 4) is 16.3 Å². The monoisotopic (exact) mass is 284 g/mol. The number of aliphatic imine (C=N–C) groups is 1. The van der Waals surface area contributed by atoms with Crippen LogP contribution in [-0.4, -0.2) is 15.3 Å². The van der Waals surface area contributed by atoms with Crippen molar-refractivity contribution in [3.05, 3.63) is 42.5 Å². The van der Waals surface area contributed by atoms with Crippen LogP contribution in [0.3, 0.4) is 0 Å². The molecule has 0 fully saturated rings. The number of aromatic hydroxyl groups is 1. The molecule has 1 N–H and O–H groups in total. The fourth-order valence-corrected chi connectivity index (χ4v) is 2.92. The first-order valence-corrected chi connectivity index (χ1v) is 6.77. The summed E-state index contributed by atoms with van der Waals surface area (Å²) in [6, 6.07) is 13.0. The molecule has 0 atom stereocenters. The van der Waals surface area contributed by atoms with Gasteiger partial charge < -0.3 is 5.11 Å². The van der Waals surface area contributed by atoms with Gasteiger partial charge in [-0.15, -0.1) is 11.3 Å². The fourth-order valence-electron chi connectivity index (χ4n) is 1.81. The third-order valence-corrected chi connectivity index (χ3v) is 3.84. The maximum atomic E-state index is 10.0. The van der Waals surface area contributed by atoms with Gasteiger partial charge in [-0.2, -0.15) is 4.99 Å². The van der Waals surface area contributed by atoms with Gasteiger partial charge in [0.05, 0.1) is 26.6 Å². The Morgan fingerprint density at radius 2 is 2.05 bits per heavy atom. The molecule has 0 amide bonds. The number of isothiocyanates is 1. The van der Waals surface area contributed by atoms with Crippen molar-refractivity contribution < 1.29 is 5.11 Å². The van der Waals surface area contributed by atoms with E-state index >= 15 is 0 Å². The molecule has 2 aromatic carbocycles. The lowest BCUT2D eigenvalue weighted by Crippen LogP contribution is -1.77. The van der Waals surface area contributed by atoms with Crippen LogP contribution in [-0.2, 0) is 0 Å². The van der Waals surface area contributed by atoms with Crippen LogP contribution in [0, 0.1) is 0 Å². The number of thiocarbonyl (C=S) groups is 1. The number of fused-ring (bicyclic) bond motifs is 1. The highest BCUT2D eigenvalue weighted by Crippen LogP contribution is 2.36. The van der Waals surface area contributed by atoms with Crippen molar-refractivity contribution in [2.45, 2.75) is 0 Å². The van der Waals surface area contributed by atoms with Gasteiger partial charge in [-0.1, -0.05) is 12.1 Å². The molecule has 3 rings (SSSR count). The van der Waals surface area contributed by atoms with Gasteiger partial charge in [0, 0.05) is 6.07 Å². The molecular formula is C14H8N2OS2. The van der Waals surface area contributed by atoms with Crippen LogP contribution in [0.4, 0.5) is 5.69 Å². The standard InChI is InChI=1S/C14H8N2OS2/c17-12-7-9(15-8-18)5-6-10(12)14-16-11-3-1-2-4-13(11)19-14/h1-7,17H. The summed E-state index contributed by atoms with van der Waals surface area (Å²) in [4.78, 5) is 8.34. The quantitative estimate of drug-likeness (QED) is 0.560. The third-order valence-electron chi connectivity index (χ3n) is 2.68. The minimum absolute atomic E-state index is 0.144. The van der Waals surface area contributed by atoms with Crippen molar-refractivity contribution in [1.29, 1.82) is 0 Å². The summed E-state index contributed by atoms with van der Waals surface area (Å²) in [6.07, 6.45) is 0. The van der Waals surface area contributed by atoms with Crippen molar-refractivity contribution in [3.63, 3.8) is 0 Å². The van der Waals surface area contributed by atoms with Gasteiger partial charge in [-0.25, -0.2) is 4.98 Å². The summed E-state index contributed by atoms with van der Waals surface area (Å²) < 4.78 is 1.10. The van der Waals surface area contributed by atoms with Gasteiger partial charge in [0.1, 0.15) is 10.8 Å². The van der Waals surface area contributed by atoms with E-state index in [1.165, 1.54) is 0 Å². The van der Waals surface area contributed by atoms with Gasteiger partial charge in [-0.3, -0.25) is 0 Å². The highest BCUT2D eigenvalue weighted by molar-refractivity contribution is 7.78. The number of phenols is 1. The average molecular weight is 284 g/mol. The lowest BCUT2D eigenvalue weighted by molar-refractivity contribution is 0.477. The second kappa shape index (κ2) is 4.90. The number of nitrogens with zero attached hydrogens (tertiary/aromatic N) is 2. The Balaban J connectivity index is 2.13. The molecule has 5 heteroatoms. The second-order valence-electron chi connectivity index (χ2n) is 3.89. The minimum atomic E-state index is 0.144. The maximum absolute atomic E-state index is 10.0. The van der Waals surface area contributed by atoms with E-state index in [4.69, 9.17) is 0 Å². The van der Waals surface area contributed by atoms with E-state index in [0.29, 0.717) is 11.3 Å². The number of phenolic OH excluding ortho intramolecular Hbond substituents is 1. The van der Waals surface area contributed by atoms with E-state index in [1.807, 2.05) is 24.3 Å². The Hall–Kier alpha value is -2.07. The van der Waals surface area contributed by atoms with E-state index in [-0.39, 0.29) is 5.75 Å². The van der Waals surface area contributed by atoms with Crippen LogP contribution in [0.15, 0.2) is 47.5 Å². The number of para-hydroxylation sites is 1. The summed E-state index contributed by atoms with van der Waals surface area (Å²) in [6.45, 7) is 0.